The summed E-state index contributed by atoms with van der Waals surface area (Å²) in [4.78, 5) is 28.8. The highest BCUT2D eigenvalue weighted by molar-refractivity contribution is 5.94. The Hall–Kier alpha value is -2.70. The summed E-state index contributed by atoms with van der Waals surface area (Å²) >= 11 is 0. The number of rotatable bonds is 4. The average molecular weight is 384 g/mol. The second kappa shape index (κ2) is 8.12. The van der Waals surface area contributed by atoms with Gasteiger partial charge in [-0.25, -0.2) is 0 Å². The van der Waals surface area contributed by atoms with Gasteiger partial charge in [-0.3, -0.25) is 9.59 Å². The van der Waals surface area contributed by atoms with Crippen molar-refractivity contribution in [3.8, 4) is 0 Å². The number of amides is 2. The number of aryl methyl sites for hydroxylation is 2. The van der Waals surface area contributed by atoms with E-state index in [9.17, 15) is 9.59 Å². The molecule has 7 nitrogen and oxygen atoms in total. The molecule has 0 unspecified atom stereocenters. The molecule has 2 aromatic rings. The average Bonchev–Trinajstić information content (AvgIpc) is 3.10. The molecule has 3 rings (SSSR count). The van der Waals surface area contributed by atoms with E-state index in [-0.39, 0.29) is 17.2 Å². The van der Waals surface area contributed by atoms with Crippen LogP contribution in [0.4, 0.5) is 0 Å². The Kier molecular flexibility index (Phi) is 5.82. The summed E-state index contributed by atoms with van der Waals surface area (Å²) in [5, 5.41) is 7.68. The molecule has 2 heterocycles. The minimum absolute atomic E-state index is 0.0221. The van der Waals surface area contributed by atoms with Gasteiger partial charge in [0, 0.05) is 51.5 Å². The SMILES string of the molecule is Cc1nnc(CCC(=O)N2CCN(C(=O)c3ccc(C(C)(C)C)cc3)CC2)o1. The quantitative estimate of drug-likeness (QED) is 0.809. The first-order valence-electron chi connectivity index (χ1n) is 9.70. The number of aromatic nitrogens is 2. The van der Waals surface area contributed by atoms with E-state index in [2.05, 4.69) is 31.0 Å². The number of carbonyl (C=O) groups is 2. The van der Waals surface area contributed by atoms with E-state index in [1.807, 2.05) is 29.2 Å². The molecule has 0 spiro atoms. The van der Waals surface area contributed by atoms with E-state index >= 15 is 0 Å². The van der Waals surface area contributed by atoms with E-state index in [1.165, 1.54) is 5.56 Å². The maximum absolute atomic E-state index is 12.7. The summed E-state index contributed by atoms with van der Waals surface area (Å²) in [5.41, 5.74) is 1.96. The minimum atomic E-state index is 0.0221. The lowest BCUT2D eigenvalue weighted by Gasteiger charge is -2.35. The Labute approximate surface area is 165 Å². The number of carbonyl (C=O) groups excluding carboxylic acids is 2. The molecule has 7 heteroatoms. The number of hydrogen-bond acceptors (Lipinski definition) is 5. The third kappa shape index (κ3) is 4.77. The van der Waals surface area contributed by atoms with Crippen molar-refractivity contribution in [2.24, 2.45) is 0 Å². The summed E-state index contributed by atoms with van der Waals surface area (Å²) in [6, 6.07) is 7.83. The maximum Gasteiger partial charge on any atom is 0.253 e. The zero-order valence-electron chi connectivity index (χ0n) is 17.1. The summed E-state index contributed by atoms with van der Waals surface area (Å²) in [6.07, 6.45) is 0.781. The van der Waals surface area contributed by atoms with Crippen LogP contribution in [0.1, 0.15) is 54.9 Å². The smallest absolute Gasteiger partial charge is 0.253 e. The Balaban J connectivity index is 1.50. The second-order valence-electron chi connectivity index (χ2n) is 8.22. The van der Waals surface area contributed by atoms with Crippen LogP contribution < -0.4 is 0 Å². The lowest BCUT2D eigenvalue weighted by atomic mass is 9.86. The highest BCUT2D eigenvalue weighted by Gasteiger charge is 2.25. The molecule has 1 aromatic carbocycles. The number of nitrogens with zero attached hydrogens (tertiary/aromatic N) is 4. The largest absolute Gasteiger partial charge is 0.426 e. The first-order chi connectivity index (χ1) is 13.2. The van der Waals surface area contributed by atoms with Crippen molar-refractivity contribution in [2.75, 3.05) is 26.2 Å². The van der Waals surface area contributed by atoms with Crippen molar-refractivity contribution >= 4 is 11.8 Å². The topological polar surface area (TPSA) is 79.5 Å². The van der Waals surface area contributed by atoms with Gasteiger partial charge in [0.2, 0.25) is 17.7 Å². The monoisotopic (exact) mass is 384 g/mol. The summed E-state index contributed by atoms with van der Waals surface area (Å²) in [7, 11) is 0. The van der Waals surface area contributed by atoms with Crippen molar-refractivity contribution in [1.82, 2.24) is 20.0 Å². The normalized spacial score (nSPS) is 15.0. The van der Waals surface area contributed by atoms with Gasteiger partial charge >= 0.3 is 0 Å². The lowest BCUT2D eigenvalue weighted by Crippen LogP contribution is -2.50. The molecular weight excluding hydrogens is 356 g/mol. The summed E-state index contributed by atoms with van der Waals surface area (Å²) < 4.78 is 5.30. The van der Waals surface area contributed by atoms with Gasteiger partial charge in [-0.15, -0.1) is 10.2 Å². The van der Waals surface area contributed by atoms with Crippen LogP contribution >= 0.6 is 0 Å². The zero-order chi connectivity index (χ0) is 20.3. The van der Waals surface area contributed by atoms with Crippen LogP contribution in [0.5, 0.6) is 0 Å². The number of hydrogen-bond donors (Lipinski definition) is 0. The first kappa shape index (κ1) is 20.0. The second-order valence-corrected chi connectivity index (χ2v) is 8.22. The molecule has 0 bridgehead atoms. The van der Waals surface area contributed by atoms with E-state index in [1.54, 1.807) is 11.8 Å². The molecule has 0 saturated carbocycles. The molecule has 2 amide bonds. The molecule has 1 saturated heterocycles. The first-order valence-corrected chi connectivity index (χ1v) is 9.70. The van der Waals surface area contributed by atoms with Crippen LogP contribution in [0, 0.1) is 6.92 Å². The Morgan fingerprint density at radius 2 is 1.61 bits per heavy atom. The van der Waals surface area contributed by atoms with E-state index in [0.29, 0.717) is 56.4 Å². The van der Waals surface area contributed by atoms with Crippen molar-refractivity contribution in [1.29, 1.82) is 0 Å². The molecule has 0 atom stereocenters. The fourth-order valence-electron chi connectivity index (χ4n) is 3.26. The molecule has 1 aliphatic heterocycles. The molecule has 28 heavy (non-hydrogen) atoms. The van der Waals surface area contributed by atoms with Gasteiger partial charge in [0.15, 0.2) is 0 Å². The molecule has 1 aromatic heterocycles. The van der Waals surface area contributed by atoms with Crippen molar-refractivity contribution in [2.45, 2.75) is 46.0 Å². The summed E-state index contributed by atoms with van der Waals surface area (Å²) in [5.74, 6) is 1.06. The lowest BCUT2D eigenvalue weighted by molar-refractivity contribution is -0.132. The van der Waals surface area contributed by atoms with Gasteiger partial charge in [0.1, 0.15) is 0 Å². The predicted octanol–water partition coefficient (Wildman–Crippen LogP) is 2.59. The molecule has 1 fully saturated rings. The van der Waals surface area contributed by atoms with Crippen molar-refractivity contribution < 1.29 is 14.0 Å². The van der Waals surface area contributed by atoms with E-state index in [0.717, 1.165) is 0 Å². The standard InChI is InChI=1S/C21H28N4O3/c1-15-22-23-18(28-15)9-10-19(26)24-11-13-25(14-12-24)20(27)16-5-7-17(8-6-16)21(2,3)4/h5-8H,9-14H2,1-4H3. The molecule has 0 radical (unpaired) electrons. The molecule has 0 N–H and O–H groups in total. The van der Waals surface area contributed by atoms with Gasteiger partial charge in [0.25, 0.3) is 5.91 Å². The minimum Gasteiger partial charge on any atom is -0.426 e. The van der Waals surface area contributed by atoms with Gasteiger partial charge in [-0.2, -0.15) is 0 Å². The van der Waals surface area contributed by atoms with Crippen LogP contribution in [-0.2, 0) is 16.6 Å². The third-order valence-electron chi connectivity index (χ3n) is 5.04. The predicted molar refractivity (Wildman–Crippen MR) is 105 cm³/mol. The third-order valence-corrected chi connectivity index (χ3v) is 5.04. The fraction of sp³-hybridized carbons (Fsp3) is 0.524. The van der Waals surface area contributed by atoms with Crippen molar-refractivity contribution in [3.63, 3.8) is 0 Å². The zero-order valence-corrected chi connectivity index (χ0v) is 17.1. The molecule has 150 valence electrons. The van der Waals surface area contributed by atoms with Gasteiger partial charge in [-0.1, -0.05) is 32.9 Å². The highest BCUT2D eigenvalue weighted by atomic mass is 16.4. The molecule has 0 aliphatic carbocycles. The van der Waals surface area contributed by atoms with Crippen LogP contribution in [0.15, 0.2) is 28.7 Å². The van der Waals surface area contributed by atoms with Gasteiger partial charge in [0.05, 0.1) is 0 Å². The van der Waals surface area contributed by atoms with Crippen LogP contribution in [0.3, 0.4) is 0 Å². The molecular formula is C21H28N4O3. The fourth-order valence-corrected chi connectivity index (χ4v) is 3.26. The summed E-state index contributed by atoms with van der Waals surface area (Å²) in [6.45, 7) is 10.4. The Morgan fingerprint density at radius 1 is 1.00 bits per heavy atom. The Bertz CT molecular complexity index is 828. The highest BCUT2D eigenvalue weighted by Crippen LogP contribution is 2.22. The van der Waals surface area contributed by atoms with E-state index < -0.39 is 0 Å². The number of benzene rings is 1. The van der Waals surface area contributed by atoms with Crippen LogP contribution in [0.25, 0.3) is 0 Å². The van der Waals surface area contributed by atoms with Gasteiger partial charge < -0.3 is 14.2 Å². The van der Waals surface area contributed by atoms with Crippen LogP contribution in [-0.4, -0.2) is 58.0 Å². The van der Waals surface area contributed by atoms with Crippen LogP contribution in [0.2, 0.25) is 0 Å². The number of piperazine rings is 1. The maximum atomic E-state index is 12.7. The molecule has 1 aliphatic rings. The van der Waals surface area contributed by atoms with Crippen molar-refractivity contribution in [3.05, 3.63) is 47.2 Å². The van der Waals surface area contributed by atoms with Gasteiger partial charge in [-0.05, 0) is 23.1 Å². The Morgan fingerprint density at radius 3 is 2.14 bits per heavy atom. The van der Waals surface area contributed by atoms with E-state index in [4.69, 9.17) is 4.42 Å².